The molecule has 1 aliphatic heterocycles. The molecule has 0 amide bonds. The summed E-state index contributed by atoms with van der Waals surface area (Å²) in [4.78, 5) is 15.0. The van der Waals surface area contributed by atoms with Crippen molar-refractivity contribution in [1.29, 1.82) is 0 Å². The van der Waals surface area contributed by atoms with E-state index in [0.29, 0.717) is 36.0 Å². The summed E-state index contributed by atoms with van der Waals surface area (Å²) in [6.07, 6.45) is 0.149. The van der Waals surface area contributed by atoms with Crippen molar-refractivity contribution in [3.8, 4) is 0 Å². The lowest BCUT2D eigenvalue weighted by Gasteiger charge is -2.24. The quantitative estimate of drug-likeness (QED) is 0.311. The highest BCUT2D eigenvalue weighted by Gasteiger charge is 2.32. The van der Waals surface area contributed by atoms with Gasteiger partial charge in [0.05, 0.1) is 30.1 Å². The number of ether oxygens (including phenoxy) is 1. The highest BCUT2D eigenvalue weighted by molar-refractivity contribution is 7.89. The number of fused-ring (bicyclic) bond motifs is 1. The van der Waals surface area contributed by atoms with Gasteiger partial charge in [-0.1, -0.05) is 36.4 Å². The SMILES string of the molecule is CCOC(=O)CC(c1ccc(C)c(CN2CCN(C)c3ccccc3S2(=O)=O)c1)c1ccc(NC)c(N)c1C. The number of carbonyl (C=O) groups is 1. The first-order valence-electron chi connectivity index (χ1n) is 13.2. The molecule has 0 aromatic heterocycles. The molecule has 8 nitrogen and oxygen atoms in total. The number of aryl methyl sites for hydroxylation is 1. The second kappa shape index (κ2) is 11.7. The Morgan fingerprint density at radius 3 is 2.56 bits per heavy atom. The molecule has 4 rings (SSSR count). The molecule has 1 atom stereocenters. The van der Waals surface area contributed by atoms with E-state index in [1.807, 2.05) is 75.3 Å². The van der Waals surface area contributed by atoms with E-state index in [-0.39, 0.29) is 24.9 Å². The smallest absolute Gasteiger partial charge is 0.306 e. The molecule has 3 aromatic rings. The van der Waals surface area contributed by atoms with Gasteiger partial charge in [-0.15, -0.1) is 0 Å². The summed E-state index contributed by atoms with van der Waals surface area (Å²) in [6.45, 7) is 7.20. The van der Waals surface area contributed by atoms with E-state index in [0.717, 1.165) is 33.5 Å². The maximum absolute atomic E-state index is 13.7. The van der Waals surface area contributed by atoms with E-state index < -0.39 is 10.0 Å². The number of nitrogens with zero attached hydrogens (tertiary/aromatic N) is 2. The van der Waals surface area contributed by atoms with Crippen molar-refractivity contribution < 1.29 is 17.9 Å². The predicted octanol–water partition coefficient (Wildman–Crippen LogP) is 4.65. The average molecular weight is 551 g/mol. The standard InChI is InChI=1S/C30H38N4O4S/c1-6-38-29(35)18-25(24-13-14-26(32-4)30(31)21(24)3)22-12-11-20(2)23(17-22)19-34-16-15-33(5)27-9-7-8-10-28(27)39(34,36)37/h7-14,17,25,32H,6,15-16,18-19,31H2,1-5H3. The molecule has 39 heavy (non-hydrogen) atoms. The zero-order chi connectivity index (χ0) is 28.3. The summed E-state index contributed by atoms with van der Waals surface area (Å²) in [6, 6.07) is 17.1. The molecule has 3 N–H and O–H groups in total. The van der Waals surface area contributed by atoms with Crippen LogP contribution in [0.15, 0.2) is 59.5 Å². The van der Waals surface area contributed by atoms with Crippen LogP contribution in [0.1, 0.15) is 47.1 Å². The maximum Gasteiger partial charge on any atom is 0.306 e. The molecular weight excluding hydrogens is 512 g/mol. The van der Waals surface area contributed by atoms with Gasteiger partial charge >= 0.3 is 5.97 Å². The van der Waals surface area contributed by atoms with Crippen LogP contribution in [0.3, 0.4) is 0 Å². The fraction of sp³-hybridized carbons (Fsp3) is 0.367. The Hall–Kier alpha value is -3.56. The fourth-order valence-electron chi connectivity index (χ4n) is 5.20. The van der Waals surface area contributed by atoms with Gasteiger partial charge in [-0.3, -0.25) is 4.79 Å². The van der Waals surface area contributed by atoms with E-state index in [4.69, 9.17) is 10.5 Å². The number of esters is 1. The molecule has 0 aliphatic carbocycles. The van der Waals surface area contributed by atoms with Crippen LogP contribution in [0.5, 0.6) is 0 Å². The minimum absolute atomic E-state index is 0.149. The van der Waals surface area contributed by atoms with Crippen molar-refractivity contribution in [2.75, 3.05) is 49.7 Å². The number of para-hydroxylation sites is 1. The van der Waals surface area contributed by atoms with Crippen LogP contribution in [0.2, 0.25) is 0 Å². The van der Waals surface area contributed by atoms with Crippen molar-refractivity contribution in [3.05, 3.63) is 82.4 Å². The van der Waals surface area contributed by atoms with Crippen molar-refractivity contribution in [1.82, 2.24) is 4.31 Å². The molecule has 208 valence electrons. The first-order chi connectivity index (χ1) is 18.6. The van der Waals surface area contributed by atoms with E-state index in [9.17, 15) is 13.2 Å². The minimum atomic E-state index is -3.70. The first kappa shape index (κ1) is 28.4. The van der Waals surface area contributed by atoms with Crippen molar-refractivity contribution in [2.24, 2.45) is 0 Å². The number of benzene rings is 3. The molecule has 0 saturated heterocycles. The number of likely N-dealkylation sites (N-methyl/N-ethyl adjacent to an activating group) is 1. The molecule has 1 unspecified atom stereocenters. The summed E-state index contributed by atoms with van der Waals surface area (Å²) in [7, 11) is 0.0287. The Kier molecular flexibility index (Phi) is 8.51. The van der Waals surface area contributed by atoms with Crippen LogP contribution in [0.25, 0.3) is 0 Å². The van der Waals surface area contributed by atoms with Crippen LogP contribution in [-0.2, 0) is 26.1 Å². The van der Waals surface area contributed by atoms with Crippen molar-refractivity contribution in [2.45, 2.75) is 44.6 Å². The molecule has 1 aliphatic rings. The minimum Gasteiger partial charge on any atom is -0.466 e. The lowest BCUT2D eigenvalue weighted by molar-refractivity contribution is -0.143. The molecule has 0 bridgehead atoms. The lowest BCUT2D eigenvalue weighted by Crippen LogP contribution is -2.33. The number of sulfonamides is 1. The van der Waals surface area contributed by atoms with Crippen LogP contribution in [0.4, 0.5) is 17.1 Å². The Bertz CT molecular complexity index is 1470. The third-order valence-corrected chi connectivity index (χ3v) is 9.47. The van der Waals surface area contributed by atoms with Crippen LogP contribution >= 0.6 is 0 Å². The number of hydrogen-bond donors (Lipinski definition) is 2. The number of hydrogen-bond acceptors (Lipinski definition) is 7. The number of anilines is 3. The highest BCUT2D eigenvalue weighted by Crippen LogP contribution is 2.37. The summed E-state index contributed by atoms with van der Waals surface area (Å²) in [5.74, 6) is -0.598. The predicted molar refractivity (Wildman–Crippen MR) is 157 cm³/mol. The van der Waals surface area contributed by atoms with E-state index >= 15 is 0 Å². The molecule has 0 saturated carbocycles. The van der Waals surface area contributed by atoms with Gasteiger partial charge < -0.3 is 20.7 Å². The maximum atomic E-state index is 13.7. The van der Waals surface area contributed by atoms with Crippen LogP contribution < -0.4 is 16.0 Å². The summed E-state index contributed by atoms with van der Waals surface area (Å²) in [5, 5.41) is 3.11. The normalized spacial score (nSPS) is 15.8. The van der Waals surface area contributed by atoms with Gasteiger partial charge in [0.25, 0.3) is 0 Å². The Labute approximate surface area is 231 Å². The number of nitrogens with two attached hydrogens (primary N) is 1. The second-order valence-electron chi connectivity index (χ2n) is 9.97. The van der Waals surface area contributed by atoms with E-state index in [2.05, 4.69) is 5.32 Å². The zero-order valence-corrected chi connectivity index (χ0v) is 24.1. The van der Waals surface area contributed by atoms with E-state index in [1.54, 1.807) is 23.4 Å². The molecule has 1 heterocycles. The third kappa shape index (κ3) is 5.74. The largest absolute Gasteiger partial charge is 0.466 e. The third-order valence-electron chi connectivity index (χ3n) is 7.58. The van der Waals surface area contributed by atoms with Gasteiger partial charge in [0.1, 0.15) is 4.90 Å². The Morgan fingerprint density at radius 2 is 1.85 bits per heavy atom. The number of nitrogens with one attached hydrogen (secondary N) is 1. The molecule has 0 fully saturated rings. The summed E-state index contributed by atoms with van der Waals surface area (Å²) in [5.41, 5.74) is 13.2. The van der Waals surface area contributed by atoms with Gasteiger partial charge in [-0.2, -0.15) is 4.31 Å². The summed E-state index contributed by atoms with van der Waals surface area (Å²) >= 11 is 0. The van der Waals surface area contributed by atoms with Gasteiger partial charge in [-0.25, -0.2) is 8.42 Å². The average Bonchev–Trinajstić information content (AvgIpc) is 3.00. The topological polar surface area (TPSA) is 105 Å². The fourth-order valence-corrected chi connectivity index (χ4v) is 6.85. The molecule has 0 spiro atoms. The molecular formula is C30H38N4O4S. The van der Waals surface area contributed by atoms with Crippen molar-refractivity contribution >= 4 is 33.1 Å². The number of nitrogen functional groups attached to an aromatic ring is 1. The molecule has 3 aromatic carbocycles. The Morgan fingerprint density at radius 1 is 1.10 bits per heavy atom. The molecule has 9 heteroatoms. The number of rotatable bonds is 8. The van der Waals surface area contributed by atoms with Gasteiger partial charge in [0, 0.05) is 39.6 Å². The first-order valence-corrected chi connectivity index (χ1v) is 14.6. The van der Waals surface area contributed by atoms with Gasteiger partial charge in [0.2, 0.25) is 10.0 Å². The van der Waals surface area contributed by atoms with Gasteiger partial charge in [-0.05, 0) is 66.8 Å². The monoisotopic (exact) mass is 550 g/mol. The Balaban J connectivity index is 1.75. The number of carbonyl (C=O) groups excluding carboxylic acids is 1. The second-order valence-corrected chi connectivity index (χ2v) is 11.9. The van der Waals surface area contributed by atoms with Crippen LogP contribution in [-0.4, -0.2) is 52.5 Å². The summed E-state index contributed by atoms with van der Waals surface area (Å²) < 4.78 is 34.3. The zero-order valence-electron chi connectivity index (χ0n) is 23.3. The lowest BCUT2D eigenvalue weighted by atomic mass is 9.84. The van der Waals surface area contributed by atoms with E-state index in [1.165, 1.54) is 0 Å². The van der Waals surface area contributed by atoms with Crippen LogP contribution in [0, 0.1) is 13.8 Å². The molecule has 0 radical (unpaired) electrons. The van der Waals surface area contributed by atoms with Gasteiger partial charge in [0.15, 0.2) is 0 Å². The van der Waals surface area contributed by atoms with Crippen molar-refractivity contribution in [3.63, 3.8) is 0 Å². The highest BCUT2D eigenvalue weighted by atomic mass is 32.2.